The van der Waals surface area contributed by atoms with Gasteiger partial charge >= 0.3 is 6.09 Å². The number of alkyl carbamates (subject to hydrolysis) is 1. The number of carbonyl (C=O) groups excluding carboxylic acids is 1. The van der Waals surface area contributed by atoms with Gasteiger partial charge in [-0.25, -0.2) is 4.79 Å². The minimum absolute atomic E-state index is 0.0675. The highest BCUT2D eigenvalue weighted by atomic mass is 35.5. The van der Waals surface area contributed by atoms with Gasteiger partial charge in [0, 0.05) is 29.5 Å². The summed E-state index contributed by atoms with van der Waals surface area (Å²) < 4.78 is 5.50. The van der Waals surface area contributed by atoms with Gasteiger partial charge in [0.2, 0.25) is 0 Å². The first kappa shape index (κ1) is 19.1. The van der Waals surface area contributed by atoms with Gasteiger partial charge in [0.1, 0.15) is 6.61 Å². The molecular formula is C25H20ClNO2. The number of rotatable bonds is 4. The molecule has 0 fully saturated rings. The van der Waals surface area contributed by atoms with Crippen LogP contribution in [-0.2, 0) is 4.74 Å². The summed E-state index contributed by atoms with van der Waals surface area (Å²) in [6, 6.07) is 23.9. The van der Waals surface area contributed by atoms with E-state index in [1.165, 1.54) is 22.3 Å². The fourth-order valence-corrected chi connectivity index (χ4v) is 3.70. The van der Waals surface area contributed by atoms with Crippen molar-refractivity contribution in [2.24, 2.45) is 0 Å². The third-order valence-corrected chi connectivity index (χ3v) is 5.19. The Bertz CT molecular complexity index is 1030. The molecule has 0 heterocycles. The van der Waals surface area contributed by atoms with Crippen molar-refractivity contribution in [1.29, 1.82) is 0 Å². The first-order valence-electron chi connectivity index (χ1n) is 9.55. The lowest BCUT2D eigenvalue weighted by atomic mass is 9.98. The van der Waals surface area contributed by atoms with Gasteiger partial charge < -0.3 is 10.1 Å². The Morgan fingerprint density at radius 3 is 2.21 bits per heavy atom. The Balaban J connectivity index is 1.29. The van der Waals surface area contributed by atoms with Gasteiger partial charge in [0.25, 0.3) is 0 Å². The van der Waals surface area contributed by atoms with Crippen LogP contribution in [0.15, 0.2) is 72.8 Å². The van der Waals surface area contributed by atoms with Crippen molar-refractivity contribution in [3.8, 4) is 23.0 Å². The number of benzene rings is 3. The van der Waals surface area contributed by atoms with Crippen molar-refractivity contribution in [1.82, 2.24) is 5.32 Å². The van der Waals surface area contributed by atoms with Gasteiger partial charge in [0.15, 0.2) is 0 Å². The molecule has 1 aliphatic carbocycles. The van der Waals surface area contributed by atoms with Crippen LogP contribution in [-0.4, -0.2) is 19.2 Å². The van der Waals surface area contributed by atoms with E-state index in [-0.39, 0.29) is 5.92 Å². The van der Waals surface area contributed by atoms with E-state index in [9.17, 15) is 4.79 Å². The molecule has 3 aromatic carbocycles. The number of amides is 1. The Hall–Kier alpha value is -3.22. The summed E-state index contributed by atoms with van der Waals surface area (Å²) in [5.74, 6) is 6.15. The molecule has 0 aromatic heterocycles. The molecule has 3 aromatic rings. The molecule has 1 N–H and O–H groups in total. The highest BCUT2D eigenvalue weighted by molar-refractivity contribution is 6.30. The number of hydrogen-bond donors (Lipinski definition) is 1. The molecule has 3 nitrogen and oxygen atoms in total. The summed E-state index contributed by atoms with van der Waals surface area (Å²) in [6.07, 6.45) is 0.132. The van der Waals surface area contributed by atoms with Crippen LogP contribution in [0.5, 0.6) is 0 Å². The second-order valence-electron chi connectivity index (χ2n) is 6.81. The number of carbonyl (C=O) groups is 1. The quantitative estimate of drug-likeness (QED) is 0.455. The third-order valence-electron chi connectivity index (χ3n) is 4.94. The lowest BCUT2D eigenvalue weighted by Crippen LogP contribution is -2.26. The van der Waals surface area contributed by atoms with Crippen molar-refractivity contribution in [3.05, 3.63) is 94.5 Å². The van der Waals surface area contributed by atoms with Crippen LogP contribution in [0.4, 0.5) is 4.79 Å². The predicted octanol–water partition coefficient (Wildman–Crippen LogP) is 5.62. The summed E-state index contributed by atoms with van der Waals surface area (Å²) in [4.78, 5) is 12.1. The van der Waals surface area contributed by atoms with Crippen molar-refractivity contribution >= 4 is 17.7 Å². The van der Waals surface area contributed by atoms with E-state index in [4.69, 9.17) is 16.3 Å². The van der Waals surface area contributed by atoms with Crippen LogP contribution < -0.4 is 5.32 Å². The number of halogens is 1. The average Bonchev–Trinajstić information content (AvgIpc) is 3.07. The Morgan fingerprint density at radius 1 is 0.931 bits per heavy atom. The van der Waals surface area contributed by atoms with Crippen LogP contribution in [0.25, 0.3) is 11.1 Å². The number of nitrogens with one attached hydrogen (secondary N) is 1. The molecule has 0 aliphatic heterocycles. The monoisotopic (exact) mass is 401 g/mol. The molecule has 144 valence electrons. The van der Waals surface area contributed by atoms with Gasteiger partial charge in [-0.05, 0) is 46.5 Å². The van der Waals surface area contributed by atoms with E-state index < -0.39 is 6.09 Å². The van der Waals surface area contributed by atoms with Crippen molar-refractivity contribution in [3.63, 3.8) is 0 Å². The van der Waals surface area contributed by atoms with Gasteiger partial charge in [-0.2, -0.15) is 0 Å². The summed E-state index contributed by atoms with van der Waals surface area (Å²) >= 11 is 5.85. The maximum atomic E-state index is 12.1. The zero-order valence-corrected chi connectivity index (χ0v) is 16.6. The molecule has 0 saturated carbocycles. The molecule has 0 unspecified atom stereocenters. The van der Waals surface area contributed by atoms with Crippen molar-refractivity contribution in [2.45, 2.75) is 12.3 Å². The number of hydrogen-bond acceptors (Lipinski definition) is 2. The third kappa shape index (κ3) is 4.45. The minimum Gasteiger partial charge on any atom is -0.449 e. The number of fused-ring (bicyclic) bond motifs is 3. The summed E-state index contributed by atoms with van der Waals surface area (Å²) in [7, 11) is 0. The SMILES string of the molecule is O=C(NCCC#Cc1ccc(Cl)cc1)OCC1c2ccccc2-c2ccccc21. The second kappa shape index (κ2) is 8.86. The lowest BCUT2D eigenvalue weighted by molar-refractivity contribution is 0.143. The average molecular weight is 402 g/mol. The van der Waals surface area contributed by atoms with E-state index in [2.05, 4.69) is 41.4 Å². The fourth-order valence-electron chi connectivity index (χ4n) is 3.57. The molecule has 0 radical (unpaired) electrons. The minimum atomic E-state index is -0.417. The Labute approximate surface area is 175 Å². The zero-order chi connectivity index (χ0) is 20.1. The Morgan fingerprint density at radius 2 is 1.55 bits per heavy atom. The van der Waals surface area contributed by atoms with E-state index in [0.717, 1.165) is 5.56 Å². The van der Waals surface area contributed by atoms with Crippen molar-refractivity contribution in [2.75, 3.05) is 13.2 Å². The van der Waals surface area contributed by atoms with Gasteiger partial charge in [-0.15, -0.1) is 0 Å². The fraction of sp³-hybridized carbons (Fsp3) is 0.160. The van der Waals surface area contributed by atoms with E-state index in [1.807, 2.05) is 36.4 Å². The highest BCUT2D eigenvalue weighted by Gasteiger charge is 2.28. The molecule has 0 bridgehead atoms. The molecule has 0 saturated heterocycles. The maximum Gasteiger partial charge on any atom is 0.407 e. The summed E-state index contributed by atoms with van der Waals surface area (Å²) in [6.45, 7) is 0.758. The largest absolute Gasteiger partial charge is 0.449 e. The standard InChI is InChI=1S/C25H20ClNO2/c26-19-14-12-18(13-15-19)7-5-6-16-27-25(28)29-17-24-22-10-3-1-8-20(22)21-9-2-4-11-23(21)24/h1-4,8-15,24H,6,16-17H2,(H,27,28). The first-order chi connectivity index (χ1) is 14.2. The molecule has 1 amide bonds. The van der Waals surface area contributed by atoms with Gasteiger partial charge in [-0.3, -0.25) is 0 Å². The molecule has 0 spiro atoms. The van der Waals surface area contributed by atoms with Gasteiger partial charge in [0.05, 0.1) is 0 Å². The summed E-state index contributed by atoms with van der Waals surface area (Å²) in [5, 5.41) is 3.45. The van der Waals surface area contributed by atoms with Crippen LogP contribution in [0.3, 0.4) is 0 Å². The first-order valence-corrected chi connectivity index (χ1v) is 9.93. The van der Waals surface area contributed by atoms with E-state index in [1.54, 1.807) is 12.1 Å². The molecule has 4 heteroatoms. The summed E-state index contributed by atoms with van der Waals surface area (Å²) in [5.41, 5.74) is 5.74. The zero-order valence-electron chi connectivity index (χ0n) is 15.8. The normalized spacial score (nSPS) is 11.8. The number of ether oxygens (including phenoxy) is 1. The Kier molecular flexibility index (Phi) is 5.84. The second-order valence-corrected chi connectivity index (χ2v) is 7.25. The van der Waals surface area contributed by atoms with E-state index >= 15 is 0 Å². The smallest absolute Gasteiger partial charge is 0.407 e. The predicted molar refractivity (Wildman–Crippen MR) is 116 cm³/mol. The van der Waals surface area contributed by atoms with Gasteiger partial charge in [-0.1, -0.05) is 72.0 Å². The lowest BCUT2D eigenvalue weighted by Gasteiger charge is -2.14. The van der Waals surface area contributed by atoms with Crippen LogP contribution in [0, 0.1) is 11.8 Å². The molecule has 0 atom stereocenters. The van der Waals surface area contributed by atoms with Crippen molar-refractivity contribution < 1.29 is 9.53 Å². The van der Waals surface area contributed by atoms with Crippen LogP contribution in [0.1, 0.15) is 29.0 Å². The molecule has 4 rings (SSSR count). The van der Waals surface area contributed by atoms with Crippen LogP contribution >= 0.6 is 11.6 Å². The highest BCUT2D eigenvalue weighted by Crippen LogP contribution is 2.44. The van der Waals surface area contributed by atoms with E-state index in [0.29, 0.717) is 24.6 Å². The topological polar surface area (TPSA) is 38.3 Å². The molecular weight excluding hydrogens is 382 g/mol. The molecule has 29 heavy (non-hydrogen) atoms. The maximum absolute atomic E-state index is 12.1. The van der Waals surface area contributed by atoms with Crippen LogP contribution in [0.2, 0.25) is 5.02 Å². The molecule has 1 aliphatic rings.